The summed E-state index contributed by atoms with van der Waals surface area (Å²) in [6, 6.07) is 0. The van der Waals surface area contributed by atoms with Gasteiger partial charge in [0.2, 0.25) is 0 Å². The second-order valence-electron chi connectivity index (χ2n) is 2.91. The lowest BCUT2D eigenvalue weighted by molar-refractivity contribution is -0.140. The lowest BCUT2D eigenvalue weighted by Gasteiger charge is -2.29. The van der Waals surface area contributed by atoms with E-state index in [0.29, 0.717) is 6.47 Å². The molecule has 0 N–H and O–H groups in total. The molecule has 1 saturated carbocycles. The predicted octanol–water partition coefficient (Wildman–Crippen LogP) is 1.50. The second kappa shape index (κ2) is 3.43. The smallest absolute Gasteiger partial charge is 0.294 e. The van der Waals surface area contributed by atoms with Gasteiger partial charge in [-0.05, 0) is 25.7 Å². The van der Waals surface area contributed by atoms with Gasteiger partial charge in [0.25, 0.3) is 6.47 Å². The van der Waals surface area contributed by atoms with E-state index in [-0.39, 0.29) is 0 Å². The summed E-state index contributed by atoms with van der Waals surface area (Å²) in [4.78, 5) is 10.1. The number of carbonyl (C=O) groups excluding carboxylic acids is 1. The van der Waals surface area contributed by atoms with E-state index in [1.54, 1.807) is 0 Å². The number of hydrogen-bond acceptors (Lipinski definition) is 2. The minimum atomic E-state index is -0.569. The Kier molecular flexibility index (Phi) is 2.53. The van der Waals surface area contributed by atoms with Crippen LogP contribution in [0.1, 0.15) is 32.1 Å². The Bertz CT molecular complexity index is 172. The molecule has 0 heterocycles. The van der Waals surface area contributed by atoms with Gasteiger partial charge in [0.05, 0.1) is 0 Å². The summed E-state index contributed by atoms with van der Waals surface area (Å²) in [7, 11) is 0. The molecule has 1 rings (SSSR count). The Morgan fingerprint density at radius 3 is 2.45 bits per heavy atom. The average molecular weight is 152 g/mol. The van der Waals surface area contributed by atoms with Crippen LogP contribution in [-0.2, 0) is 9.53 Å². The standard InChI is InChI=1S/C9H12O2/c1-2-9(11-8-10)6-4-3-5-7-9/h1,8H,3-7H2. The monoisotopic (exact) mass is 152 g/mol. The first-order valence-corrected chi connectivity index (χ1v) is 3.92. The number of ether oxygens (including phenoxy) is 1. The molecule has 0 radical (unpaired) electrons. The van der Waals surface area contributed by atoms with Crippen molar-refractivity contribution < 1.29 is 9.53 Å². The third-order valence-electron chi connectivity index (χ3n) is 2.20. The molecule has 0 unspecified atom stereocenters. The maximum absolute atomic E-state index is 10.1. The molecule has 1 fully saturated rings. The summed E-state index contributed by atoms with van der Waals surface area (Å²) in [6.07, 6.45) is 10.3. The number of hydrogen-bond donors (Lipinski definition) is 0. The summed E-state index contributed by atoms with van der Waals surface area (Å²) < 4.78 is 4.90. The summed E-state index contributed by atoms with van der Waals surface area (Å²) >= 11 is 0. The summed E-state index contributed by atoms with van der Waals surface area (Å²) in [5.41, 5.74) is -0.569. The molecule has 0 aromatic heterocycles. The van der Waals surface area contributed by atoms with Crippen molar-refractivity contribution in [1.29, 1.82) is 0 Å². The van der Waals surface area contributed by atoms with E-state index < -0.39 is 5.60 Å². The van der Waals surface area contributed by atoms with Gasteiger partial charge in [-0.3, -0.25) is 4.79 Å². The van der Waals surface area contributed by atoms with Crippen LogP contribution in [0.2, 0.25) is 0 Å². The zero-order chi connectivity index (χ0) is 8.16. The fourth-order valence-electron chi connectivity index (χ4n) is 1.51. The van der Waals surface area contributed by atoms with Crippen LogP contribution < -0.4 is 0 Å². The van der Waals surface area contributed by atoms with Crippen LogP contribution in [0.5, 0.6) is 0 Å². The van der Waals surface area contributed by atoms with Gasteiger partial charge in [0, 0.05) is 0 Å². The highest BCUT2D eigenvalue weighted by Crippen LogP contribution is 2.30. The van der Waals surface area contributed by atoms with Crippen molar-refractivity contribution in [3.05, 3.63) is 0 Å². The van der Waals surface area contributed by atoms with Crippen molar-refractivity contribution in [2.24, 2.45) is 0 Å². The maximum Gasteiger partial charge on any atom is 0.294 e. The van der Waals surface area contributed by atoms with Crippen LogP contribution in [0.15, 0.2) is 0 Å². The molecule has 60 valence electrons. The van der Waals surface area contributed by atoms with Crippen molar-refractivity contribution >= 4 is 6.47 Å². The molecule has 0 aromatic rings. The van der Waals surface area contributed by atoms with E-state index in [1.165, 1.54) is 6.42 Å². The van der Waals surface area contributed by atoms with Crippen LogP contribution in [-0.4, -0.2) is 12.1 Å². The fourth-order valence-corrected chi connectivity index (χ4v) is 1.51. The molecule has 0 bridgehead atoms. The van der Waals surface area contributed by atoms with Gasteiger partial charge in [0.15, 0.2) is 5.60 Å². The van der Waals surface area contributed by atoms with Crippen molar-refractivity contribution in [3.8, 4) is 12.3 Å². The zero-order valence-electron chi connectivity index (χ0n) is 6.51. The largest absolute Gasteiger partial charge is 0.448 e. The van der Waals surface area contributed by atoms with Gasteiger partial charge < -0.3 is 4.74 Å². The normalized spacial score (nSPS) is 21.7. The number of carbonyl (C=O) groups is 1. The average Bonchev–Trinajstić information content (AvgIpc) is 2.07. The molecule has 11 heavy (non-hydrogen) atoms. The van der Waals surface area contributed by atoms with Crippen molar-refractivity contribution in [3.63, 3.8) is 0 Å². The summed E-state index contributed by atoms with van der Waals surface area (Å²) in [5, 5.41) is 0. The highest BCUT2D eigenvalue weighted by atomic mass is 16.5. The molecule has 0 atom stereocenters. The van der Waals surface area contributed by atoms with E-state index in [9.17, 15) is 4.79 Å². The Morgan fingerprint density at radius 1 is 1.36 bits per heavy atom. The van der Waals surface area contributed by atoms with Gasteiger partial charge >= 0.3 is 0 Å². The first kappa shape index (κ1) is 8.13. The van der Waals surface area contributed by atoms with Gasteiger partial charge in [-0.15, -0.1) is 6.42 Å². The molecule has 1 aliphatic rings. The van der Waals surface area contributed by atoms with E-state index in [4.69, 9.17) is 11.2 Å². The van der Waals surface area contributed by atoms with Gasteiger partial charge in [-0.25, -0.2) is 0 Å². The van der Waals surface area contributed by atoms with E-state index >= 15 is 0 Å². The predicted molar refractivity (Wildman–Crippen MR) is 41.8 cm³/mol. The molecule has 0 amide bonds. The van der Waals surface area contributed by atoms with Gasteiger partial charge in [-0.1, -0.05) is 12.3 Å². The Morgan fingerprint density at radius 2 is 2.00 bits per heavy atom. The Labute approximate surface area is 66.9 Å². The maximum atomic E-state index is 10.1. The third-order valence-corrected chi connectivity index (χ3v) is 2.20. The van der Waals surface area contributed by atoms with Crippen molar-refractivity contribution in [1.82, 2.24) is 0 Å². The molecule has 0 aromatic carbocycles. The SMILES string of the molecule is C#CC1(OC=O)CCCCC1. The van der Waals surface area contributed by atoms with E-state index in [1.807, 2.05) is 0 Å². The molecule has 2 nitrogen and oxygen atoms in total. The molecule has 0 aliphatic heterocycles. The van der Waals surface area contributed by atoms with Crippen LogP contribution in [0.4, 0.5) is 0 Å². The summed E-state index contributed by atoms with van der Waals surface area (Å²) in [5.74, 6) is 2.56. The molecule has 0 saturated heterocycles. The minimum Gasteiger partial charge on any atom is -0.448 e. The summed E-state index contributed by atoms with van der Waals surface area (Å²) in [6.45, 7) is 0.463. The van der Waals surface area contributed by atoms with Crippen LogP contribution in [0.3, 0.4) is 0 Å². The van der Waals surface area contributed by atoms with Crippen molar-refractivity contribution in [2.75, 3.05) is 0 Å². The Balaban J connectivity index is 2.58. The lowest BCUT2D eigenvalue weighted by Crippen LogP contribution is -2.32. The van der Waals surface area contributed by atoms with Crippen LogP contribution >= 0.6 is 0 Å². The quantitative estimate of drug-likeness (QED) is 0.442. The van der Waals surface area contributed by atoms with E-state index in [0.717, 1.165) is 25.7 Å². The fraction of sp³-hybridized carbons (Fsp3) is 0.667. The topological polar surface area (TPSA) is 26.3 Å². The second-order valence-corrected chi connectivity index (χ2v) is 2.91. The third kappa shape index (κ3) is 1.74. The molecule has 2 heteroatoms. The van der Waals surface area contributed by atoms with Crippen LogP contribution in [0, 0.1) is 12.3 Å². The first-order valence-electron chi connectivity index (χ1n) is 3.92. The van der Waals surface area contributed by atoms with E-state index in [2.05, 4.69) is 5.92 Å². The molecular weight excluding hydrogens is 140 g/mol. The number of terminal acetylenes is 1. The van der Waals surface area contributed by atoms with Crippen molar-refractivity contribution in [2.45, 2.75) is 37.7 Å². The highest BCUT2D eigenvalue weighted by molar-refractivity contribution is 5.40. The van der Waals surface area contributed by atoms with Gasteiger partial charge in [-0.2, -0.15) is 0 Å². The molecule has 0 spiro atoms. The lowest BCUT2D eigenvalue weighted by atomic mass is 9.85. The molecule has 1 aliphatic carbocycles. The first-order chi connectivity index (χ1) is 5.33. The highest BCUT2D eigenvalue weighted by Gasteiger charge is 2.31. The zero-order valence-corrected chi connectivity index (χ0v) is 6.51. The number of rotatable bonds is 2. The van der Waals surface area contributed by atoms with Crippen LogP contribution in [0.25, 0.3) is 0 Å². The minimum absolute atomic E-state index is 0.463. The van der Waals surface area contributed by atoms with Gasteiger partial charge in [0.1, 0.15) is 0 Å². The molecular formula is C9H12O2. The Hall–Kier alpha value is -0.970.